The SMILES string of the molecule is Cc1cc(C)c(S(=O)(=O)N2CCC[C@H](C(=O)NCCc3ccc(S(=O)(=O)N4CCCC4)cc3)C2)c(C)c1. The first-order valence-electron chi connectivity index (χ1n) is 12.9. The molecule has 2 aliphatic rings. The van der Waals surface area contributed by atoms with Gasteiger partial charge in [0.2, 0.25) is 26.0 Å². The quantitative estimate of drug-likeness (QED) is 0.547. The highest BCUT2D eigenvalue weighted by Crippen LogP contribution is 2.29. The lowest BCUT2D eigenvalue weighted by molar-refractivity contribution is -0.126. The van der Waals surface area contributed by atoms with Crippen LogP contribution in [-0.4, -0.2) is 64.1 Å². The molecule has 0 saturated carbocycles. The number of benzene rings is 2. The first-order chi connectivity index (χ1) is 17.5. The van der Waals surface area contributed by atoms with E-state index in [2.05, 4.69) is 5.32 Å². The van der Waals surface area contributed by atoms with Crippen LogP contribution >= 0.6 is 0 Å². The molecule has 0 aliphatic carbocycles. The molecule has 4 rings (SSSR count). The van der Waals surface area contributed by atoms with Gasteiger partial charge in [0.1, 0.15) is 0 Å². The Bertz CT molecular complexity index is 1330. The molecule has 1 amide bonds. The van der Waals surface area contributed by atoms with Gasteiger partial charge in [0.25, 0.3) is 0 Å². The first-order valence-corrected chi connectivity index (χ1v) is 15.8. The average molecular weight is 548 g/mol. The number of rotatable bonds is 8. The smallest absolute Gasteiger partial charge is 0.243 e. The van der Waals surface area contributed by atoms with Crippen molar-refractivity contribution in [1.82, 2.24) is 13.9 Å². The van der Waals surface area contributed by atoms with E-state index >= 15 is 0 Å². The summed E-state index contributed by atoms with van der Waals surface area (Å²) in [6.07, 6.45) is 3.63. The minimum Gasteiger partial charge on any atom is -0.355 e. The van der Waals surface area contributed by atoms with E-state index in [0.717, 1.165) is 35.1 Å². The fourth-order valence-electron chi connectivity index (χ4n) is 5.46. The van der Waals surface area contributed by atoms with Crippen LogP contribution in [0.1, 0.15) is 47.9 Å². The lowest BCUT2D eigenvalue weighted by Crippen LogP contribution is -2.46. The summed E-state index contributed by atoms with van der Waals surface area (Å²) in [7, 11) is -7.13. The Morgan fingerprint density at radius 1 is 0.865 bits per heavy atom. The number of carbonyl (C=O) groups is 1. The Morgan fingerprint density at radius 2 is 1.46 bits per heavy atom. The number of nitrogens with one attached hydrogen (secondary N) is 1. The molecule has 1 N–H and O–H groups in total. The van der Waals surface area contributed by atoms with Crippen molar-refractivity contribution in [3.63, 3.8) is 0 Å². The van der Waals surface area contributed by atoms with Crippen LogP contribution in [0.5, 0.6) is 0 Å². The fraction of sp³-hybridized carbons (Fsp3) is 0.519. The van der Waals surface area contributed by atoms with Gasteiger partial charge >= 0.3 is 0 Å². The number of amides is 1. The Kier molecular flexibility index (Phi) is 8.42. The molecule has 0 unspecified atom stereocenters. The van der Waals surface area contributed by atoms with Gasteiger partial charge in [-0.3, -0.25) is 4.79 Å². The van der Waals surface area contributed by atoms with Crippen LogP contribution < -0.4 is 5.32 Å². The van der Waals surface area contributed by atoms with Crippen molar-refractivity contribution in [1.29, 1.82) is 0 Å². The van der Waals surface area contributed by atoms with E-state index in [1.807, 2.05) is 32.9 Å². The molecule has 0 spiro atoms. The van der Waals surface area contributed by atoms with Gasteiger partial charge in [-0.2, -0.15) is 8.61 Å². The van der Waals surface area contributed by atoms with Crippen LogP contribution in [0.3, 0.4) is 0 Å². The summed E-state index contributed by atoms with van der Waals surface area (Å²) in [5.41, 5.74) is 3.40. The number of hydrogen-bond donors (Lipinski definition) is 1. The van der Waals surface area contributed by atoms with Crippen molar-refractivity contribution in [2.24, 2.45) is 5.92 Å². The van der Waals surface area contributed by atoms with Crippen LogP contribution in [0.25, 0.3) is 0 Å². The molecule has 202 valence electrons. The zero-order chi connectivity index (χ0) is 26.8. The number of sulfonamides is 2. The molecule has 2 aromatic carbocycles. The van der Waals surface area contributed by atoms with Gasteiger partial charge in [0, 0.05) is 32.7 Å². The fourth-order valence-corrected chi connectivity index (χ4v) is 8.91. The van der Waals surface area contributed by atoms with Crippen molar-refractivity contribution >= 4 is 26.0 Å². The van der Waals surface area contributed by atoms with Gasteiger partial charge in [0.05, 0.1) is 15.7 Å². The molecule has 2 heterocycles. The van der Waals surface area contributed by atoms with Crippen molar-refractivity contribution < 1.29 is 21.6 Å². The molecule has 1 atom stereocenters. The van der Waals surface area contributed by atoms with Crippen LogP contribution in [-0.2, 0) is 31.3 Å². The Morgan fingerprint density at radius 3 is 2.08 bits per heavy atom. The van der Waals surface area contributed by atoms with Gasteiger partial charge in [-0.25, -0.2) is 16.8 Å². The third-order valence-corrected chi connectivity index (χ3v) is 11.4. The molecule has 2 saturated heterocycles. The van der Waals surface area contributed by atoms with Crippen LogP contribution in [0.2, 0.25) is 0 Å². The average Bonchev–Trinajstić information content (AvgIpc) is 3.40. The van der Waals surface area contributed by atoms with E-state index < -0.39 is 26.0 Å². The summed E-state index contributed by atoms with van der Waals surface area (Å²) in [5.74, 6) is -0.548. The number of aryl methyl sites for hydroxylation is 3. The van der Waals surface area contributed by atoms with Gasteiger partial charge in [-0.05, 0) is 81.7 Å². The summed E-state index contributed by atoms with van der Waals surface area (Å²) in [6.45, 7) is 7.69. The predicted octanol–water partition coefficient (Wildman–Crippen LogP) is 3.16. The van der Waals surface area contributed by atoms with E-state index in [9.17, 15) is 21.6 Å². The number of piperidine rings is 1. The standard InChI is InChI=1S/C27H37N3O5S2/c1-20-17-21(2)26(22(3)18-20)37(34,35)30-16-6-7-24(19-30)27(31)28-13-12-23-8-10-25(11-9-23)36(32,33)29-14-4-5-15-29/h8-11,17-18,24H,4-7,12-16,19H2,1-3H3,(H,28,31)/t24-/m0/s1. The highest BCUT2D eigenvalue weighted by molar-refractivity contribution is 7.89. The topological polar surface area (TPSA) is 104 Å². The largest absolute Gasteiger partial charge is 0.355 e. The summed E-state index contributed by atoms with van der Waals surface area (Å²) >= 11 is 0. The first kappa shape index (κ1) is 27.8. The van der Waals surface area contributed by atoms with E-state index in [4.69, 9.17) is 0 Å². The minimum atomic E-state index is -3.69. The summed E-state index contributed by atoms with van der Waals surface area (Å²) < 4.78 is 55.2. The summed E-state index contributed by atoms with van der Waals surface area (Å²) in [6, 6.07) is 10.6. The molecule has 8 nitrogen and oxygen atoms in total. The van der Waals surface area contributed by atoms with Gasteiger partial charge < -0.3 is 5.32 Å². The highest BCUT2D eigenvalue weighted by atomic mass is 32.2. The van der Waals surface area contributed by atoms with Crippen molar-refractivity contribution in [2.45, 2.75) is 62.7 Å². The molecule has 0 aromatic heterocycles. The van der Waals surface area contributed by atoms with Crippen LogP contribution in [0.4, 0.5) is 0 Å². The molecule has 0 bridgehead atoms. The Hall–Kier alpha value is -2.27. The molecule has 2 aliphatic heterocycles. The van der Waals surface area contributed by atoms with Gasteiger partial charge in [-0.15, -0.1) is 0 Å². The molecule has 2 fully saturated rings. The lowest BCUT2D eigenvalue weighted by atomic mass is 9.99. The maximum absolute atomic E-state index is 13.4. The third-order valence-electron chi connectivity index (χ3n) is 7.30. The second kappa shape index (κ2) is 11.2. The van der Waals surface area contributed by atoms with Crippen molar-refractivity contribution in [3.05, 3.63) is 58.7 Å². The minimum absolute atomic E-state index is 0.148. The van der Waals surface area contributed by atoms with E-state index in [0.29, 0.717) is 55.2 Å². The van der Waals surface area contributed by atoms with Crippen molar-refractivity contribution in [2.75, 3.05) is 32.7 Å². The molecule has 2 aromatic rings. The van der Waals surface area contributed by atoms with E-state index in [-0.39, 0.29) is 12.5 Å². The van der Waals surface area contributed by atoms with Crippen molar-refractivity contribution in [3.8, 4) is 0 Å². The number of carbonyl (C=O) groups excluding carboxylic acids is 1. The molecule has 10 heteroatoms. The van der Waals surface area contributed by atoms with Crippen LogP contribution in [0, 0.1) is 26.7 Å². The van der Waals surface area contributed by atoms with Gasteiger partial charge in [-0.1, -0.05) is 29.8 Å². The predicted molar refractivity (Wildman–Crippen MR) is 143 cm³/mol. The van der Waals surface area contributed by atoms with Gasteiger partial charge in [0.15, 0.2) is 0 Å². The second-order valence-corrected chi connectivity index (χ2v) is 14.0. The number of nitrogens with zero attached hydrogens (tertiary/aromatic N) is 2. The zero-order valence-corrected chi connectivity index (χ0v) is 23.5. The van der Waals surface area contributed by atoms with E-state index in [1.165, 1.54) is 8.61 Å². The molecule has 37 heavy (non-hydrogen) atoms. The normalized spacial score (nSPS) is 19.7. The molecular weight excluding hydrogens is 510 g/mol. The third kappa shape index (κ3) is 6.08. The monoisotopic (exact) mass is 547 g/mol. The maximum Gasteiger partial charge on any atom is 0.243 e. The molecular formula is C27H37N3O5S2. The maximum atomic E-state index is 13.4. The van der Waals surface area contributed by atoms with E-state index in [1.54, 1.807) is 24.3 Å². The lowest BCUT2D eigenvalue weighted by Gasteiger charge is -2.32. The summed E-state index contributed by atoms with van der Waals surface area (Å²) in [4.78, 5) is 13.5. The van der Waals surface area contributed by atoms with Crippen LogP contribution in [0.15, 0.2) is 46.2 Å². The zero-order valence-electron chi connectivity index (χ0n) is 21.9. The highest BCUT2D eigenvalue weighted by Gasteiger charge is 2.35. The Labute approximate surface area is 221 Å². The Balaban J connectivity index is 1.33. The molecule has 0 radical (unpaired) electrons. The number of hydrogen-bond acceptors (Lipinski definition) is 5. The summed E-state index contributed by atoms with van der Waals surface area (Å²) in [5, 5.41) is 2.95. The second-order valence-electron chi connectivity index (χ2n) is 10.2.